The Bertz CT molecular complexity index is 864. The van der Waals surface area contributed by atoms with Gasteiger partial charge >= 0.3 is 6.03 Å². The second-order valence-corrected chi connectivity index (χ2v) is 6.84. The number of nitrogens with zero attached hydrogens (tertiary/aromatic N) is 1. The van der Waals surface area contributed by atoms with E-state index >= 15 is 0 Å². The third kappa shape index (κ3) is 5.26. The number of nitro benzene ring substituents is 1. The first-order valence-electron chi connectivity index (χ1n) is 7.13. The highest BCUT2D eigenvalue weighted by Crippen LogP contribution is 2.15. The Morgan fingerprint density at radius 3 is 2.24 bits per heavy atom. The third-order valence-corrected chi connectivity index (χ3v) is 4.60. The van der Waals surface area contributed by atoms with Gasteiger partial charge in [-0.3, -0.25) is 10.1 Å². The van der Waals surface area contributed by atoms with Crippen LogP contribution >= 0.6 is 0 Å². The van der Waals surface area contributed by atoms with E-state index in [9.17, 15) is 23.3 Å². The zero-order valence-corrected chi connectivity index (χ0v) is 14.0. The van der Waals surface area contributed by atoms with Crippen molar-refractivity contribution in [3.63, 3.8) is 0 Å². The van der Waals surface area contributed by atoms with Crippen LogP contribution in [0, 0.1) is 17.0 Å². The van der Waals surface area contributed by atoms with Crippen LogP contribution in [0.4, 0.5) is 16.2 Å². The molecule has 2 aromatic rings. The minimum atomic E-state index is -3.73. The number of rotatable bonds is 6. The Balaban J connectivity index is 1.85. The molecule has 0 unspecified atom stereocenters. The van der Waals surface area contributed by atoms with Crippen molar-refractivity contribution in [1.29, 1.82) is 0 Å². The zero-order valence-electron chi connectivity index (χ0n) is 13.2. The van der Waals surface area contributed by atoms with Crippen LogP contribution in [0.25, 0.3) is 0 Å². The highest BCUT2D eigenvalue weighted by Gasteiger charge is 2.13. The number of amides is 2. The quantitative estimate of drug-likeness (QED) is 0.410. The van der Waals surface area contributed by atoms with E-state index in [4.69, 9.17) is 0 Å². The number of nitro groups is 1. The number of sulfonamides is 1. The second kappa shape index (κ2) is 7.73. The van der Waals surface area contributed by atoms with E-state index in [1.165, 1.54) is 36.4 Å². The molecular formula is C15H16N4O5S. The lowest BCUT2D eigenvalue weighted by Crippen LogP contribution is -2.39. The number of hydrogen-bond acceptors (Lipinski definition) is 5. The number of urea groups is 1. The maximum atomic E-state index is 12.0. The summed E-state index contributed by atoms with van der Waals surface area (Å²) in [4.78, 5) is 21.8. The summed E-state index contributed by atoms with van der Waals surface area (Å²) in [7, 11) is -3.73. The molecule has 10 heteroatoms. The molecule has 0 bridgehead atoms. The normalized spacial score (nSPS) is 10.9. The summed E-state index contributed by atoms with van der Waals surface area (Å²) in [6.45, 7) is 1.53. The summed E-state index contributed by atoms with van der Waals surface area (Å²) in [6, 6.07) is 10.9. The van der Waals surface area contributed by atoms with Crippen LogP contribution in [0.5, 0.6) is 0 Å². The molecule has 25 heavy (non-hydrogen) atoms. The Kier molecular flexibility index (Phi) is 5.67. The smallest absolute Gasteiger partial charge is 0.320 e. The first-order valence-corrected chi connectivity index (χ1v) is 8.62. The van der Waals surface area contributed by atoms with Gasteiger partial charge in [0.15, 0.2) is 0 Å². The van der Waals surface area contributed by atoms with E-state index in [0.29, 0.717) is 5.69 Å². The average molecular weight is 364 g/mol. The SMILES string of the molecule is Cc1ccc(S(=O)(=O)NCNC(=O)Nc2ccc([N+](=O)[O-])cc2)cc1. The number of nitrogens with one attached hydrogen (secondary N) is 3. The van der Waals surface area contributed by atoms with E-state index in [-0.39, 0.29) is 17.3 Å². The molecule has 0 saturated carbocycles. The summed E-state index contributed by atoms with van der Waals surface area (Å²) in [5, 5.41) is 15.3. The van der Waals surface area contributed by atoms with E-state index in [0.717, 1.165) is 5.56 Å². The Labute approximate surface area is 144 Å². The molecule has 3 N–H and O–H groups in total. The van der Waals surface area contributed by atoms with Crippen LogP contribution in [-0.2, 0) is 10.0 Å². The Morgan fingerprint density at radius 1 is 1.08 bits per heavy atom. The van der Waals surface area contributed by atoms with E-state index in [1.54, 1.807) is 12.1 Å². The maximum absolute atomic E-state index is 12.0. The Hall–Kier alpha value is -2.98. The molecular weight excluding hydrogens is 348 g/mol. The minimum Gasteiger partial charge on any atom is -0.324 e. The molecule has 9 nitrogen and oxygen atoms in total. The number of carbonyl (C=O) groups excluding carboxylic acids is 1. The fourth-order valence-electron chi connectivity index (χ4n) is 1.85. The van der Waals surface area contributed by atoms with Crippen LogP contribution in [-0.4, -0.2) is 26.0 Å². The van der Waals surface area contributed by atoms with Crippen molar-refractivity contribution >= 4 is 27.4 Å². The number of hydrogen-bond donors (Lipinski definition) is 3. The second-order valence-electron chi connectivity index (χ2n) is 5.07. The maximum Gasteiger partial charge on any atom is 0.320 e. The first kappa shape index (κ1) is 18.4. The van der Waals surface area contributed by atoms with Gasteiger partial charge in [0, 0.05) is 17.8 Å². The van der Waals surface area contributed by atoms with Gasteiger partial charge in [0.1, 0.15) is 0 Å². The predicted octanol–water partition coefficient (Wildman–Crippen LogP) is 1.96. The van der Waals surface area contributed by atoms with Gasteiger partial charge in [-0.2, -0.15) is 4.72 Å². The van der Waals surface area contributed by atoms with Crippen LogP contribution in [0.3, 0.4) is 0 Å². The average Bonchev–Trinajstić information content (AvgIpc) is 2.55. The molecule has 0 fully saturated rings. The molecule has 132 valence electrons. The van der Waals surface area contributed by atoms with Crippen LogP contribution in [0.2, 0.25) is 0 Å². The third-order valence-electron chi connectivity index (χ3n) is 3.18. The zero-order chi connectivity index (χ0) is 18.4. The van der Waals surface area contributed by atoms with E-state index < -0.39 is 21.0 Å². The van der Waals surface area contributed by atoms with Gasteiger partial charge in [0.25, 0.3) is 5.69 Å². The van der Waals surface area contributed by atoms with Crippen molar-refractivity contribution in [1.82, 2.24) is 10.0 Å². The molecule has 0 saturated heterocycles. The van der Waals surface area contributed by atoms with Gasteiger partial charge < -0.3 is 10.6 Å². The van der Waals surface area contributed by atoms with Crippen molar-refractivity contribution in [3.05, 3.63) is 64.2 Å². The van der Waals surface area contributed by atoms with Crippen molar-refractivity contribution in [2.75, 3.05) is 12.0 Å². The van der Waals surface area contributed by atoms with Gasteiger partial charge in [-0.15, -0.1) is 0 Å². The monoisotopic (exact) mass is 364 g/mol. The van der Waals surface area contributed by atoms with E-state index in [2.05, 4.69) is 15.4 Å². The number of anilines is 1. The minimum absolute atomic E-state index is 0.0932. The standard InChI is InChI=1S/C15H16N4O5S/c1-11-2-8-14(9-3-11)25(23,24)17-10-16-15(20)18-12-4-6-13(7-5-12)19(21)22/h2-9,17H,10H2,1H3,(H2,16,18,20). The largest absolute Gasteiger partial charge is 0.324 e. The molecule has 0 aliphatic carbocycles. The highest BCUT2D eigenvalue weighted by atomic mass is 32.2. The molecule has 2 aromatic carbocycles. The highest BCUT2D eigenvalue weighted by molar-refractivity contribution is 7.89. The summed E-state index contributed by atoms with van der Waals surface area (Å²) in [5.74, 6) is 0. The van der Waals surface area contributed by atoms with Gasteiger partial charge in [-0.05, 0) is 31.2 Å². The number of benzene rings is 2. The summed E-state index contributed by atoms with van der Waals surface area (Å²) in [5.41, 5.74) is 1.17. The first-order chi connectivity index (χ1) is 11.8. The lowest BCUT2D eigenvalue weighted by molar-refractivity contribution is -0.384. The molecule has 0 aliphatic rings. The Morgan fingerprint density at radius 2 is 1.68 bits per heavy atom. The molecule has 0 aliphatic heterocycles. The van der Waals surface area contributed by atoms with Gasteiger partial charge in [-0.25, -0.2) is 13.2 Å². The summed E-state index contributed by atoms with van der Waals surface area (Å²) < 4.78 is 26.3. The van der Waals surface area contributed by atoms with Crippen molar-refractivity contribution < 1.29 is 18.1 Å². The van der Waals surface area contributed by atoms with Crippen molar-refractivity contribution in [2.24, 2.45) is 0 Å². The molecule has 0 radical (unpaired) electrons. The molecule has 0 atom stereocenters. The van der Waals surface area contributed by atoms with Crippen LogP contribution < -0.4 is 15.4 Å². The molecule has 2 rings (SSSR count). The number of carbonyl (C=O) groups is 1. The van der Waals surface area contributed by atoms with Crippen LogP contribution in [0.15, 0.2) is 53.4 Å². The van der Waals surface area contributed by atoms with Gasteiger partial charge in [-0.1, -0.05) is 17.7 Å². The van der Waals surface area contributed by atoms with E-state index in [1.807, 2.05) is 6.92 Å². The lowest BCUT2D eigenvalue weighted by atomic mass is 10.2. The molecule has 0 spiro atoms. The fraction of sp³-hybridized carbons (Fsp3) is 0.133. The van der Waals surface area contributed by atoms with Crippen LogP contribution in [0.1, 0.15) is 5.56 Å². The number of aryl methyl sites for hydroxylation is 1. The molecule has 0 heterocycles. The molecule has 2 amide bonds. The van der Waals surface area contributed by atoms with Crippen molar-refractivity contribution in [3.8, 4) is 0 Å². The van der Waals surface area contributed by atoms with Crippen molar-refractivity contribution in [2.45, 2.75) is 11.8 Å². The fourth-order valence-corrected chi connectivity index (χ4v) is 2.78. The lowest BCUT2D eigenvalue weighted by Gasteiger charge is -2.09. The predicted molar refractivity (Wildman–Crippen MR) is 91.6 cm³/mol. The van der Waals surface area contributed by atoms with Gasteiger partial charge in [0.2, 0.25) is 10.0 Å². The summed E-state index contributed by atoms with van der Waals surface area (Å²) in [6.07, 6.45) is 0. The number of non-ortho nitro benzene ring substituents is 1. The van der Waals surface area contributed by atoms with Gasteiger partial charge in [0.05, 0.1) is 16.5 Å². The molecule has 0 aromatic heterocycles. The summed E-state index contributed by atoms with van der Waals surface area (Å²) >= 11 is 0. The topological polar surface area (TPSA) is 130 Å².